The van der Waals surface area contributed by atoms with Gasteiger partial charge in [0.1, 0.15) is 24.6 Å². The Labute approximate surface area is 192 Å². The zero-order chi connectivity index (χ0) is 24.5. The lowest BCUT2D eigenvalue weighted by Crippen LogP contribution is -2.75. The number of esters is 1. The van der Waals surface area contributed by atoms with Crippen molar-refractivity contribution in [2.24, 2.45) is 0 Å². The largest absolute Gasteiger partial charge is 0.453 e. The van der Waals surface area contributed by atoms with Crippen LogP contribution in [0.1, 0.15) is 10.4 Å². The lowest BCUT2D eigenvalue weighted by atomic mass is 10.0. The van der Waals surface area contributed by atoms with Gasteiger partial charge in [-0.05, 0) is 10.4 Å². The van der Waals surface area contributed by atoms with Crippen LogP contribution in [-0.2, 0) is 35.5 Å². The van der Waals surface area contributed by atoms with E-state index >= 15 is 0 Å². The predicted octanol–water partition coefficient (Wildman–Crippen LogP) is -2.57. The van der Waals surface area contributed by atoms with Crippen LogP contribution in [0.25, 0.3) is 0 Å². The number of sulfone groups is 1. The summed E-state index contributed by atoms with van der Waals surface area (Å²) in [5, 5.41) is 20.6. The normalized spacial score (nSPS) is 20.9. The van der Waals surface area contributed by atoms with Gasteiger partial charge < -0.3 is 15.2 Å². The Kier molecular flexibility index (Phi) is 6.21. The molecule has 0 aliphatic carbocycles. The summed E-state index contributed by atoms with van der Waals surface area (Å²) in [4.78, 5) is 50.6. The van der Waals surface area contributed by atoms with Gasteiger partial charge in [-0.15, -0.1) is 5.10 Å². The van der Waals surface area contributed by atoms with Crippen molar-refractivity contribution in [2.45, 2.75) is 18.0 Å². The number of amides is 2. The van der Waals surface area contributed by atoms with E-state index in [1.54, 1.807) is 18.2 Å². The zero-order valence-corrected chi connectivity index (χ0v) is 18.2. The molecule has 1 fully saturated rings. The number of nitrogens with zero attached hydrogens (tertiary/aromatic N) is 5. The molecule has 3 heterocycles. The van der Waals surface area contributed by atoms with Crippen molar-refractivity contribution < 1.29 is 37.4 Å². The van der Waals surface area contributed by atoms with Crippen LogP contribution < -0.4 is 5.32 Å². The highest BCUT2D eigenvalue weighted by Gasteiger charge is 2.60. The van der Waals surface area contributed by atoms with Gasteiger partial charge >= 0.3 is 5.97 Å². The monoisotopic (exact) mass is 490 g/mol. The number of carbonyl (C=O) groups is 4. The molecular formula is C19H18N6O8S. The average molecular weight is 490 g/mol. The number of hydrogen-bond acceptors (Lipinski definition) is 11. The fourth-order valence-corrected chi connectivity index (χ4v) is 5.67. The Bertz CT molecular complexity index is 1280. The Morgan fingerprint density at radius 1 is 1.21 bits per heavy atom. The van der Waals surface area contributed by atoms with Crippen molar-refractivity contribution in [2.75, 3.05) is 19.0 Å². The maximum Gasteiger partial charge on any atom is 0.355 e. The summed E-state index contributed by atoms with van der Waals surface area (Å²) in [7, 11) is -4.06. The van der Waals surface area contributed by atoms with Crippen LogP contribution in [0.5, 0.6) is 0 Å². The van der Waals surface area contributed by atoms with Gasteiger partial charge in [-0.3, -0.25) is 19.3 Å². The second-order valence-corrected chi connectivity index (χ2v) is 9.53. The molecule has 1 aromatic carbocycles. The average Bonchev–Trinajstić information content (AvgIpc) is 3.33. The molecule has 15 heteroatoms. The van der Waals surface area contributed by atoms with Crippen molar-refractivity contribution in [1.82, 2.24) is 30.4 Å². The smallest absolute Gasteiger partial charge is 0.355 e. The molecule has 1 aromatic heterocycles. The van der Waals surface area contributed by atoms with Crippen LogP contribution in [-0.4, -0.2) is 92.6 Å². The molecule has 2 amide bonds. The third-order valence-electron chi connectivity index (χ3n) is 5.19. The van der Waals surface area contributed by atoms with E-state index in [-0.39, 0.29) is 12.1 Å². The van der Waals surface area contributed by atoms with Crippen molar-refractivity contribution in [3.63, 3.8) is 0 Å². The van der Waals surface area contributed by atoms with Crippen molar-refractivity contribution in [1.29, 1.82) is 0 Å². The van der Waals surface area contributed by atoms with Crippen molar-refractivity contribution in [3.05, 3.63) is 53.5 Å². The maximum atomic E-state index is 12.8. The van der Waals surface area contributed by atoms with Crippen LogP contribution >= 0.6 is 0 Å². The number of fused-ring (bicyclic) bond motifs is 1. The second-order valence-electron chi connectivity index (χ2n) is 7.43. The van der Waals surface area contributed by atoms with E-state index in [2.05, 4.69) is 20.8 Å². The zero-order valence-electron chi connectivity index (χ0n) is 17.4. The first-order chi connectivity index (χ1) is 16.2. The van der Waals surface area contributed by atoms with Crippen LogP contribution in [0.3, 0.4) is 0 Å². The molecular weight excluding hydrogens is 472 g/mol. The third kappa shape index (κ3) is 4.29. The standard InChI is InChI=1S/C19H18N6O8S/c26-7-12-9-34(31,32)18-15(21-14(28)6-24-10-20-22-23-24)17(29)25(18)16(12)19(30)33-8-13(27)11-4-2-1-3-5-11/h1-5,10,15,18,26H,6-9H2,(H,21,28)/t15-,18-/m0/s1. The minimum atomic E-state index is -4.06. The van der Waals surface area contributed by atoms with Crippen LogP contribution in [0.2, 0.25) is 0 Å². The molecule has 0 radical (unpaired) electrons. The first-order valence-electron chi connectivity index (χ1n) is 9.86. The summed E-state index contributed by atoms with van der Waals surface area (Å²) in [5.74, 6) is -3.99. The first-order valence-corrected chi connectivity index (χ1v) is 11.6. The predicted molar refractivity (Wildman–Crippen MR) is 110 cm³/mol. The van der Waals surface area contributed by atoms with Crippen LogP contribution in [0.15, 0.2) is 47.9 Å². The molecule has 2 aliphatic heterocycles. The van der Waals surface area contributed by atoms with Crippen LogP contribution in [0, 0.1) is 0 Å². The van der Waals surface area contributed by atoms with E-state index in [0.717, 1.165) is 11.0 Å². The number of ketones is 1. The summed E-state index contributed by atoms with van der Waals surface area (Å²) in [6.07, 6.45) is 1.16. The third-order valence-corrected chi connectivity index (χ3v) is 7.16. The topological polar surface area (TPSA) is 191 Å². The van der Waals surface area contributed by atoms with Crippen molar-refractivity contribution in [3.8, 4) is 0 Å². The molecule has 178 valence electrons. The number of tetrazole rings is 1. The van der Waals surface area contributed by atoms with E-state index in [1.165, 1.54) is 12.1 Å². The fourth-order valence-electron chi connectivity index (χ4n) is 3.66. The van der Waals surface area contributed by atoms with Crippen LogP contribution in [0.4, 0.5) is 0 Å². The quantitative estimate of drug-likeness (QED) is 0.224. The highest BCUT2D eigenvalue weighted by Crippen LogP contribution is 2.37. The van der Waals surface area contributed by atoms with Gasteiger partial charge in [0.2, 0.25) is 5.91 Å². The van der Waals surface area contributed by atoms with Gasteiger partial charge in [-0.25, -0.2) is 17.9 Å². The number of benzene rings is 1. The highest BCUT2D eigenvalue weighted by molar-refractivity contribution is 7.92. The molecule has 2 N–H and O–H groups in total. The van der Waals surface area contributed by atoms with E-state index < -0.39 is 69.5 Å². The summed E-state index contributed by atoms with van der Waals surface area (Å²) in [6, 6.07) is 6.56. The summed E-state index contributed by atoms with van der Waals surface area (Å²) < 4.78 is 31.6. The molecule has 0 spiro atoms. The highest BCUT2D eigenvalue weighted by atomic mass is 32.2. The molecule has 2 aliphatic rings. The van der Waals surface area contributed by atoms with Gasteiger partial charge in [0.25, 0.3) is 5.91 Å². The van der Waals surface area contributed by atoms with Gasteiger partial charge in [0, 0.05) is 11.1 Å². The molecule has 0 saturated carbocycles. The number of hydrogen-bond donors (Lipinski definition) is 2. The number of carbonyl (C=O) groups excluding carboxylic acids is 4. The molecule has 1 saturated heterocycles. The first kappa shape index (κ1) is 23.2. The molecule has 0 unspecified atom stereocenters. The van der Waals surface area contributed by atoms with Gasteiger partial charge in [-0.2, -0.15) is 0 Å². The minimum Gasteiger partial charge on any atom is -0.453 e. The minimum absolute atomic E-state index is 0.250. The molecule has 2 atom stereocenters. The second kappa shape index (κ2) is 9.11. The van der Waals surface area contributed by atoms with Gasteiger partial charge in [0.05, 0.1) is 12.4 Å². The number of nitrogens with one attached hydrogen (secondary N) is 1. The lowest BCUT2D eigenvalue weighted by Gasteiger charge is -2.49. The SMILES string of the molecule is O=C(Cn1cnnn1)N[C@H]1C(=O)N2C(C(=O)OCC(=O)c3ccccc3)=C(CO)CS(=O)(=O)[C@@H]12. The molecule has 34 heavy (non-hydrogen) atoms. The molecule has 4 rings (SSSR count). The number of aromatic nitrogens is 4. The van der Waals surface area contributed by atoms with E-state index in [4.69, 9.17) is 4.74 Å². The number of rotatable bonds is 8. The summed E-state index contributed by atoms with van der Waals surface area (Å²) >= 11 is 0. The summed E-state index contributed by atoms with van der Waals surface area (Å²) in [5.41, 5.74) is -0.416. The van der Waals surface area contributed by atoms with E-state index in [0.29, 0.717) is 10.5 Å². The molecule has 14 nitrogen and oxygen atoms in total. The number of aliphatic hydroxyl groups excluding tert-OH is 1. The number of aliphatic hydroxyl groups is 1. The Morgan fingerprint density at radius 3 is 2.59 bits per heavy atom. The van der Waals surface area contributed by atoms with E-state index in [1.807, 2.05) is 0 Å². The Morgan fingerprint density at radius 2 is 1.94 bits per heavy atom. The number of ether oxygens (including phenoxy) is 1. The molecule has 2 aromatic rings. The fraction of sp³-hybridized carbons (Fsp3) is 0.316. The van der Waals surface area contributed by atoms with Crippen molar-refractivity contribution >= 4 is 33.4 Å². The number of β-lactam (4-membered cyclic amide) rings is 1. The lowest BCUT2D eigenvalue weighted by molar-refractivity contribution is -0.153. The van der Waals surface area contributed by atoms with Gasteiger partial charge in [0.15, 0.2) is 27.6 Å². The Hall–Kier alpha value is -3.98. The maximum absolute atomic E-state index is 12.8. The van der Waals surface area contributed by atoms with E-state index in [9.17, 15) is 32.7 Å². The molecule has 0 bridgehead atoms. The van der Waals surface area contributed by atoms with Gasteiger partial charge in [-0.1, -0.05) is 30.3 Å². The Balaban J connectivity index is 1.51. The number of Topliss-reactive ketones (excluding diaryl/α,β-unsaturated/α-hetero) is 1. The summed E-state index contributed by atoms with van der Waals surface area (Å²) in [6.45, 7) is -1.85.